The molecule has 0 aliphatic carbocycles. The molecular weight excluding hydrogens is 641 g/mol. The SMILES string of the molecule is O=C(CCS(=O)[C@H]1C(=O)N(c2ccccc2)[C@@H]1c1ccc(-c2ccc(C3O[C@H](CO)[C@@H](O)[C@H](O)[C@H]3O)cc2)cc1O)c1ccc(F)cc1. The molecule has 250 valence electrons. The Kier molecular flexibility index (Phi) is 9.83. The van der Waals surface area contributed by atoms with Crippen LogP contribution in [-0.2, 0) is 20.3 Å². The van der Waals surface area contributed by atoms with E-state index in [0.717, 1.165) is 0 Å². The maximum absolute atomic E-state index is 13.5. The maximum atomic E-state index is 13.5. The lowest BCUT2D eigenvalue weighted by Crippen LogP contribution is -2.61. The van der Waals surface area contributed by atoms with Crippen molar-refractivity contribution >= 4 is 28.2 Å². The number of aliphatic hydroxyl groups excluding tert-OH is 4. The first kappa shape index (κ1) is 33.6. The highest BCUT2D eigenvalue weighted by molar-refractivity contribution is 7.86. The highest BCUT2D eigenvalue weighted by Crippen LogP contribution is 2.45. The number of phenols is 1. The summed E-state index contributed by atoms with van der Waals surface area (Å²) in [5.74, 6) is -1.42. The van der Waals surface area contributed by atoms with Crippen LogP contribution in [0.3, 0.4) is 0 Å². The van der Waals surface area contributed by atoms with Crippen molar-refractivity contribution in [3.05, 3.63) is 120 Å². The summed E-state index contributed by atoms with van der Waals surface area (Å²) in [5.41, 5.74) is 3.04. The van der Waals surface area contributed by atoms with Gasteiger partial charge in [-0.3, -0.25) is 13.8 Å². The predicted molar refractivity (Wildman–Crippen MR) is 175 cm³/mol. The number of benzene rings is 4. The number of aliphatic hydroxyl groups is 4. The lowest BCUT2D eigenvalue weighted by atomic mass is 9.89. The van der Waals surface area contributed by atoms with Gasteiger partial charge in [0.2, 0.25) is 5.91 Å². The molecule has 12 heteroatoms. The summed E-state index contributed by atoms with van der Waals surface area (Å²) in [7, 11) is -1.78. The summed E-state index contributed by atoms with van der Waals surface area (Å²) < 4.78 is 32.5. The Balaban J connectivity index is 1.23. The Morgan fingerprint density at radius 2 is 1.52 bits per heavy atom. The number of para-hydroxylation sites is 1. The van der Waals surface area contributed by atoms with Crippen LogP contribution in [0.4, 0.5) is 10.1 Å². The molecule has 2 aliphatic rings. The fraction of sp³-hybridized carbons (Fsp3) is 0.278. The number of carbonyl (C=O) groups excluding carboxylic acids is 2. The molecule has 2 aliphatic heterocycles. The third-order valence-electron chi connectivity index (χ3n) is 8.87. The van der Waals surface area contributed by atoms with E-state index in [1.807, 2.05) is 0 Å². The molecule has 5 N–H and O–H groups in total. The first-order valence-electron chi connectivity index (χ1n) is 15.4. The number of ketones is 1. The van der Waals surface area contributed by atoms with E-state index in [1.165, 1.54) is 35.2 Å². The lowest BCUT2D eigenvalue weighted by molar-refractivity contribution is -0.231. The van der Waals surface area contributed by atoms with Gasteiger partial charge in [-0.15, -0.1) is 0 Å². The Labute approximate surface area is 278 Å². The molecule has 6 rings (SSSR count). The molecule has 10 nitrogen and oxygen atoms in total. The number of rotatable bonds is 10. The number of hydrogen-bond donors (Lipinski definition) is 5. The second-order valence-corrected chi connectivity index (χ2v) is 13.5. The monoisotopic (exact) mass is 675 g/mol. The van der Waals surface area contributed by atoms with Gasteiger partial charge in [0.05, 0.1) is 12.6 Å². The van der Waals surface area contributed by atoms with Crippen LogP contribution in [0.2, 0.25) is 0 Å². The van der Waals surface area contributed by atoms with Gasteiger partial charge in [-0.25, -0.2) is 4.39 Å². The lowest BCUT2D eigenvalue weighted by Gasteiger charge is -2.46. The molecule has 0 saturated carbocycles. The summed E-state index contributed by atoms with van der Waals surface area (Å²) in [4.78, 5) is 27.6. The highest BCUT2D eigenvalue weighted by atomic mass is 32.2. The van der Waals surface area contributed by atoms with Gasteiger partial charge >= 0.3 is 0 Å². The number of amides is 1. The van der Waals surface area contributed by atoms with Crippen LogP contribution in [0.25, 0.3) is 11.1 Å². The van der Waals surface area contributed by atoms with Crippen LogP contribution < -0.4 is 4.90 Å². The van der Waals surface area contributed by atoms with E-state index >= 15 is 0 Å². The Hall–Kier alpha value is -4.30. The van der Waals surface area contributed by atoms with E-state index in [-0.39, 0.29) is 29.3 Å². The third-order valence-corrected chi connectivity index (χ3v) is 10.5. The van der Waals surface area contributed by atoms with Crippen molar-refractivity contribution in [1.29, 1.82) is 0 Å². The number of anilines is 1. The van der Waals surface area contributed by atoms with E-state index in [9.17, 15) is 43.7 Å². The average molecular weight is 676 g/mol. The molecular formula is C36H34FNO9S. The number of aromatic hydroxyl groups is 1. The molecule has 2 unspecified atom stereocenters. The third kappa shape index (κ3) is 6.42. The van der Waals surface area contributed by atoms with Crippen LogP contribution in [0.1, 0.15) is 40.1 Å². The predicted octanol–water partition coefficient (Wildman–Crippen LogP) is 3.19. The molecule has 48 heavy (non-hydrogen) atoms. The van der Waals surface area contributed by atoms with E-state index in [1.54, 1.807) is 66.7 Å². The minimum atomic E-state index is -1.78. The molecule has 4 aromatic carbocycles. The topological polar surface area (TPSA) is 165 Å². The van der Waals surface area contributed by atoms with Crippen molar-refractivity contribution in [1.82, 2.24) is 0 Å². The fourth-order valence-corrected chi connectivity index (χ4v) is 7.75. The van der Waals surface area contributed by atoms with Crippen LogP contribution in [0.15, 0.2) is 97.1 Å². The van der Waals surface area contributed by atoms with Gasteiger partial charge in [0.25, 0.3) is 0 Å². The quantitative estimate of drug-likeness (QED) is 0.125. The number of ether oxygens (including phenoxy) is 1. The number of halogens is 1. The second kappa shape index (κ2) is 14.0. The molecule has 0 spiro atoms. The zero-order valence-electron chi connectivity index (χ0n) is 25.5. The molecule has 4 aromatic rings. The molecule has 8 atom stereocenters. The van der Waals surface area contributed by atoms with Gasteiger partial charge in [-0.2, -0.15) is 0 Å². The highest BCUT2D eigenvalue weighted by Gasteiger charge is 2.53. The summed E-state index contributed by atoms with van der Waals surface area (Å²) in [6, 6.07) is 24.8. The van der Waals surface area contributed by atoms with Gasteiger partial charge in [0, 0.05) is 39.8 Å². The Morgan fingerprint density at radius 3 is 2.17 bits per heavy atom. The van der Waals surface area contributed by atoms with E-state index in [0.29, 0.717) is 27.9 Å². The van der Waals surface area contributed by atoms with Crippen LogP contribution in [0, 0.1) is 5.82 Å². The minimum Gasteiger partial charge on any atom is -0.508 e. The van der Waals surface area contributed by atoms with Gasteiger partial charge in [-0.1, -0.05) is 54.6 Å². The largest absolute Gasteiger partial charge is 0.508 e. The second-order valence-electron chi connectivity index (χ2n) is 11.8. The molecule has 0 aromatic heterocycles. The van der Waals surface area contributed by atoms with Crippen molar-refractivity contribution in [3.8, 4) is 16.9 Å². The summed E-state index contributed by atoms with van der Waals surface area (Å²) in [6.07, 6.45) is -6.54. The van der Waals surface area contributed by atoms with Crippen LogP contribution in [-0.4, -0.2) is 83.5 Å². The summed E-state index contributed by atoms with van der Waals surface area (Å²) in [6.45, 7) is -0.540. The number of β-lactam (4-membered cyclic amide) rings is 1. The van der Waals surface area contributed by atoms with Crippen molar-refractivity contribution in [2.45, 2.75) is 48.2 Å². The number of nitrogens with zero attached hydrogens (tertiary/aromatic N) is 1. The number of phenolic OH excluding ortho intramolecular Hbond substituents is 1. The van der Waals surface area contributed by atoms with Crippen molar-refractivity contribution in [3.63, 3.8) is 0 Å². The first-order chi connectivity index (χ1) is 23.1. The molecule has 0 radical (unpaired) electrons. The minimum absolute atomic E-state index is 0.0919. The number of carbonyl (C=O) groups is 2. The maximum Gasteiger partial charge on any atom is 0.245 e. The van der Waals surface area contributed by atoms with E-state index in [2.05, 4.69) is 0 Å². The zero-order chi connectivity index (χ0) is 34.1. The van der Waals surface area contributed by atoms with E-state index in [4.69, 9.17) is 4.74 Å². The molecule has 0 bridgehead atoms. The molecule has 2 saturated heterocycles. The van der Waals surface area contributed by atoms with Crippen molar-refractivity contribution < 1.29 is 48.5 Å². The standard InChI is InChI=1S/C36H34FNO9S/c37-24-13-10-21(11-14-24)27(40)16-17-48(46)35-30(38(36(35)45)25-4-2-1-3-5-25)26-15-12-23(18-28(26)41)20-6-8-22(9-7-20)34-33(44)32(43)31(42)29(19-39)47-34/h1-15,18,29-35,39,41-44H,16-17,19H2/t29-,30-,31-,32+,33-,34?,35-,48?/m1/s1. The zero-order valence-corrected chi connectivity index (χ0v) is 26.3. The van der Waals surface area contributed by atoms with Gasteiger partial charge in [-0.05, 0) is 59.2 Å². The smallest absolute Gasteiger partial charge is 0.245 e. The first-order valence-corrected chi connectivity index (χ1v) is 16.7. The Bertz CT molecular complexity index is 1800. The Morgan fingerprint density at radius 1 is 0.854 bits per heavy atom. The summed E-state index contributed by atoms with van der Waals surface area (Å²) in [5, 5.41) is 50.5. The average Bonchev–Trinajstić information content (AvgIpc) is 3.10. The van der Waals surface area contributed by atoms with Crippen molar-refractivity contribution in [2.75, 3.05) is 17.3 Å². The molecule has 2 heterocycles. The number of Topliss-reactive ketones (excluding diaryl/α,β-unsaturated/α-hetero) is 1. The molecule has 1 amide bonds. The van der Waals surface area contributed by atoms with Gasteiger partial charge in [0.1, 0.15) is 47.3 Å². The summed E-state index contributed by atoms with van der Waals surface area (Å²) >= 11 is 0. The van der Waals surface area contributed by atoms with Gasteiger partial charge < -0.3 is 35.2 Å². The molecule has 2 fully saturated rings. The van der Waals surface area contributed by atoms with Crippen molar-refractivity contribution in [2.24, 2.45) is 0 Å². The van der Waals surface area contributed by atoms with E-state index < -0.39 is 70.9 Å². The van der Waals surface area contributed by atoms with Crippen LogP contribution >= 0.6 is 0 Å². The number of hydrogen-bond acceptors (Lipinski definition) is 9. The fourth-order valence-electron chi connectivity index (χ4n) is 6.21. The van der Waals surface area contributed by atoms with Gasteiger partial charge in [0.15, 0.2) is 5.78 Å². The van der Waals surface area contributed by atoms with Crippen LogP contribution in [0.5, 0.6) is 5.75 Å². The normalized spacial score (nSPS) is 26.1.